The van der Waals surface area contributed by atoms with Crippen LogP contribution in [0.1, 0.15) is 46.1 Å². The number of halogens is 1. The second-order valence-corrected chi connectivity index (χ2v) is 5.58. The van der Waals surface area contributed by atoms with E-state index in [1.807, 2.05) is 35.2 Å². The first-order valence-corrected chi connectivity index (χ1v) is 7.63. The highest BCUT2D eigenvalue weighted by molar-refractivity contribution is 6.30. The van der Waals surface area contributed by atoms with Gasteiger partial charge in [-0.3, -0.25) is 4.79 Å². The highest BCUT2D eigenvalue weighted by atomic mass is 35.5. The molecule has 0 aliphatic heterocycles. The molecule has 0 aliphatic rings. The van der Waals surface area contributed by atoms with E-state index in [-0.39, 0.29) is 18.0 Å². The van der Waals surface area contributed by atoms with Gasteiger partial charge in [-0.2, -0.15) is 0 Å². The minimum Gasteiger partial charge on any atom is -0.334 e. The van der Waals surface area contributed by atoms with E-state index in [9.17, 15) is 4.79 Å². The molecule has 110 valence electrons. The van der Waals surface area contributed by atoms with Gasteiger partial charge in [0, 0.05) is 23.2 Å². The quantitative estimate of drug-likeness (QED) is 0.691. The molecule has 1 aromatic rings. The summed E-state index contributed by atoms with van der Waals surface area (Å²) in [4.78, 5) is 14.4. The SMILES string of the molecule is CCC(C)N(C(=O)C=Cc1cccc(Cl)c1)C(C)CC. The van der Waals surface area contributed by atoms with E-state index < -0.39 is 0 Å². The maximum atomic E-state index is 12.4. The lowest BCUT2D eigenvalue weighted by Crippen LogP contribution is -2.43. The molecule has 3 heteroatoms. The minimum atomic E-state index is 0.0636. The summed E-state index contributed by atoms with van der Waals surface area (Å²) in [5.41, 5.74) is 0.944. The Balaban J connectivity index is 2.85. The molecule has 0 heterocycles. The second kappa shape index (κ2) is 8.11. The summed E-state index contributed by atoms with van der Waals surface area (Å²) in [5.74, 6) is 0.0636. The smallest absolute Gasteiger partial charge is 0.247 e. The van der Waals surface area contributed by atoms with Crippen molar-refractivity contribution in [3.05, 3.63) is 40.9 Å². The first-order chi connectivity index (χ1) is 9.49. The van der Waals surface area contributed by atoms with E-state index in [1.54, 1.807) is 6.08 Å². The fourth-order valence-corrected chi connectivity index (χ4v) is 2.32. The third kappa shape index (κ3) is 4.68. The van der Waals surface area contributed by atoms with Crippen molar-refractivity contribution < 1.29 is 4.79 Å². The number of rotatable bonds is 6. The van der Waals surface area contributed by atoms with E-state index in [0.29, 0.717) is 5.02 Å². The predicted molar refractivity (Wildman–Crippen MR) is 86.8 cm³/mol. The van der Waals surface area contributed by atoms with Crippen molar-refractivity contribution in [3.63, 3.8) is 0 Å². The molecular weight excluding hydrogens is 270 g/mol. The van der Waals surface area contributed by atoms with Gasteiger partial charge < -0.3 is 4.90 Å². The fraction of sp³-hybridized carbons (Fsp3) is 0.471. The molecule has 0 bridgehead atoms. The summed E-state index contributed by atoms with van der Waals surface area (Å²) < 4.78 is 0. The molecule has 0 N–H and O–H groups in total. The van der Waals surface area contributed by atoms with Crippen LogP contribution in [0.3, 0.4) is 0 Å². The number of carbonyl (C=O) groups is 1. The summed E-state index contributed by atoms with van der Waals surface area (Å²) in [6.45, 7) is 8.40. The Hall–Kier alpha value is -1.28. The van der Waals surface area contributed by atoms with Gasteiger partial charge in [0.25, 0.3) is 0 Å². The lowest BCUT2D eigenvalue weighted by molar-refractivity contribution is -0.130. The van der Waals surface area contributed by atoms with Crippen LogP contribution < -0.4 is 0 Å². The van der Waals surface area contributed by atoms with Crippen LogP contribution in [0.25, 0.3) is 6.08 Å². The number of hydrogen-bond acceptors (Lipinski definition) is 1. The molecule has 1 amide bonds. The summed E-state index contributed by atoms with van der Waals surface area (Å²) in [6, 6.07) is 8.00. The topological polar surface area (TPSA) is 20.3 Å². The summed E-state index contributed by atoms with van der Waals surface area (Å²) >= 11 is 5.94. The largest absolute Gasteiger partial charge is 0.334 e. The molecule has 0 spiro atoms. The summed E-state index contributed by atoms with van der Waals surface area (Å²) in [5, 5.41) is 0.681. The number of carbonyl (C=O) groups excluding carboxylic acids is 1. The van der Waals surface area contributed by atoms with Gasteiger partial charge in [0.05, 0.1) is 0 Å². The standard InChI is InChI=1S/C17H24ClNO/c1-5-13(3)19(14(4)6-2)17(20)11-10-15-8-7-9-16(18)12-15/h7-14H,5-6H2,1-4H3. The number of benzene rings is 1. The molecule has 1 aromatic carbocycles. The van der Waals surface area contributed by atoms with Crippen molar-refractivity contribution >= 4 is 23.6 Å². The molecule has 20 heavy (non-hydrogen) atoms. The lowest BCUT2D eigenvalue weighted by Gasteiger charge is -2.33. The van der Waals surface area contributed by atoms with E-state index in [0.717, 1.165) is 18.4 Å². The van der Waals surface area contributed by atoms with Crippen LogP contribution in [0, 0.1) is 0 Å². The fourth-order valence-electron chi connectivity index (χ4n) is 2.13. The molecule has 0 fully saturated rings. The van der Waals surface area contributed by atoms with Crippen LogP contribution >= 0.6 is 11.6 Å². The molecule has 2 nitrogen and oxygen atoms in total. The lowest BCUT2D eigenvalue weighted by atomic mass is 10.1. The second-order valence-electron chi connectivity index (χ2n) is 5.15. The average Bonchev–Trinajstić information content (AvgIpc) is 2.44. The Labute approximate surface area is 127 Å². The molecule has 2 atom stereocenters. The van der Waals surface area contributed by atoms with Crippen LogP contribution in [0.2, 0.25) is 5.02 Å². The number of nitrogens with zero attached hydrogens (tertiary/aromatic N) is 1. The van der Waals surface area contributed by atoms with Gasteiger partial charge in [-0.15, -0.1) is 0 Å². The van der Waals surface area contributed by atoms with E-state index in [2.05, 4.69) is 27.7 Å². The van der Waals surface area contributed by atoms with Crippen molar-refractivity contribution in [2.24, 2.45) is 0 Å². The van der Waals surface area contributed by atoms with Gasteiger partial charge in [0.1, 0.15) is 0 Å². The van der Waals surface area contributed by atoms with Gasteiger partial charge >= 0.3 is 0 Å². The predicted octanol–water partition coefficient (Wildman–Crippen LogP) is 4.78. The molecule has 0 aliphatic carbocycles. The van der Waals surface area contributed by atoms with E-state index in [1.165, 1.54) is 0 Å². The van der Waals surface area contributed by atoms with Crippen LogP contribution in [-0.2, 0) is 4.79 Å². The molecule has 0 aromatic heterocycles. The van der Waals surface area contributed by atoms with E-state index >= 15 is 0 Å². The zero-order chi connectivity index (χ0) is 15.1. The maximum absolute atomic E-state index is 12.4. The maximum Gasteiger partial charge on any atom is 0.247 e. The van der Waals surface area contributed by atoms with Crippen molar-refractivity contribution in [2.45, 2.75) is 52.6 Å². The summed E-state index contributed by atoms with van der Waals surface area (Å²) in [6.07, 6.45) is 5.39. The van der Waals surface area contributed by atoms with Crippen LogP contribution in [-0.4, -0.2) is 22.9 Å². The van der Waals surface area contributed by atoms with Gasteiger partial charge in [0.15, 0.2) is 0 Å². The Bertz CT molecular complexity index is 460. The molecule has 0 saturated carbocycles. The van der Waals surface area contributed by atoms with Gasteiger partial charge in [0.2, 0.25) is 5.91 Å². The van der Waals surface area contributed by atoms with Crippen molar-refractivity contribution in [1.82, 2.24) is 4.90 Å². The molecule has 1 rings (SSSR count). The van der Waals surface area contributed by atoms with E-state index in [4.69, 9.17) is 11.6 Å². The monoisotopic (exact) mass is 293 g/mol. The average molecular weight is 294 g/mol. The zero-order valence-corrected chi connectivity index (χ0v) is 13.5. The van der Waals surface area contributed by atoms with Gasteiger partial charge in [-0.25, -0.2) is 0 Å². The Kier molecular flexibility index (Phi) is 6.80. The number of hydrogen-bond donors (Lipinski definition) is 0. The third-order valence-corrected chi connectivity index (χ3v) is 3.89. The molecular formula is C17H24ClNO. The Morgan fingerprint density at radius 3 is 2.35 bits per heavy atom. The zero-order valence-electron chi connectivity index (χ0n) is 12.8. The third-order valence-electron chi connectivity index (χ3n) is 3.65. The van der Waals surface area contributed by atoms with Gasteiger partial charge in [-0.05, 0) is 50.5 Å². The van der Waals surface area contributed by atoms with Gasteiger partial charge in [-0.1, -0.05) is 37.6 Å². The van der Waals surface area contributed by atoms with Crippen molar-refractivity contribution in [3.8, 4) is 0 Å². The molecule has 2 unspecified atom stereocenters. The molecule has 0 saturated heterocycles. The Morgan fingerprint density at radius 2 is 1.85 bits per heavy atom. The first-order valence-electron chi connectivity index (χ1n) is 7.25. The van der Waals surface area contributed by atoms with Crippen LogP contribution in [0.4, 0.5) is 0 Å². The normalized spacial score (nSPS) is 14.2. The number of amides is 1. The minimum absolute atomic E-state index is 0.0636. The van der Waals surface area contributed by atoms with Crippen LogP contribution in [0.5, 0.6) is 0 Å². The molecule has 0 radical (unpaired) electrons. The first kappa shape index (κ1) is 16.8. The van der Waals surface area contributed by atoms with Crippen molar-refractivity contribution in [1.29, 1.82) is 0 Å². The van der Waals surface area contributed by atoms with Crippen molar-refractivity contribution in [2.75, 3.05) is 0 Å². The summed E-state index contributed by atoms with van der Waals surface area (Å²) in [7, 11) is 0. The van der Waals surface area contributed by atoms with Crippen LogP contribution in [0.15, 0.2) is 30.3 Å². The Morgan fingerprint density at radius 1 is 1.25 bits per heavy atom. The highest BCUT2D eigenvalue weighted by Crippen LogP contribution is 2.15. The highest BCUT2D eigenvalue weighted by Gasteiger charge is 2.21.